The number of amides is 2. The highest BCUT2D eigenvalue weighted by atomic mass is 16.6. The number of cyclic esters (lactones) is 2. The Morgan fingerprint density at radius 1 is 1.42 bits per heavy atom. The molecule has 1 unspecified atom stereocenters. The van der Waals surface area contributed by atoms with Crippen LogP contribution in [0.5, 0.6) is 0 Å². The maximum atomic E-state index is 11.4. The number of carbonyl (C=O) groups excluding carboxylic acids is 2. The number of rotatable bonds is 4. The summed E-state index contributed by atoms with van der Waals surface area (Å²) in [5, 5.41) is 0. The molecule has 0 spiro atoms. The van der Waals surface area contributed by atoms with Crippen molar-refractivity contribution in [1.29, 1.82) is 0 Å². The van der Waals surface area contributed by atoms with E-state index in [-0.39, 0.29) is 18.3 Å². The van der Waals surface area contributed by atoms with Crippen molar-refractivity contribution in [1.82, 2.24) is 9.80 Å². The molecule has 0 aromatic rings. The molecule has 6 nitrogen and oxygen atoms in total. The summed E-state index contributed by atoms with van der Waals surface area (Å²) in [6.45, 7) is 5.77. The van der Waals surface area contributed by atoms with Gasteiger partial charge in [-0.05, 0) is 19.9 Å². The van der Waals surface area contributed by atoms with Crippen LogP contribution in [0.1, 0.15) is 13.8 Å². The number of nitrogens with zero attached hydrogens (tertiary/aromatic N) is 2. The van der Waals surface area contributed by atoms with Crippen molar-refractivity contribution in [3.05, 3.63) is 23.9 Å². The molecule has 2 amide bonds. The molecule has 2 rings (SSSR count). The molecule has 0 radical (unpaired) electrons. The third-order valence-electron chi connectivity index (χ3n) is 3.02. The molecule has 0 saturated carbocycles. The van der Waals surface area contributed by atoms with E-state index >= 15 is 0 Å². The van der Waals surface area contributed by atoms with Gasteiger partial charge < -0.3 is 14.4 Å². The molecule has 1 atom stereocenters. The second-order valence-corrected chi connectivity index (χ2v) is 4.48. The molecule has 0 bridgehead atoms. The molecule has 2 heterocycles. The Bertz CT molecular complexity index is 430. The molecular formula is C13H18N2O4. The van der Waals surface area contributed by atoms with E-state index in [1.165, 1.54) is 0 Å². The predicted octanol–water partition coefficient (Wildman–Crippen LogP) is 1.74. The van der Waals surface area contributed by atoms with E-state index in [0.29, 0.717) is 26.2 Å². The van der Waals surface area contributed by atoms with Crippen LogP contribution in [0, 0.1) is 0 Å². The normalized spacial score (nSPS) is 24.3. The van der Waals surface area contributed by atoms with Gasteiger partial charge in [0.25, 0.3) is 0 Å². The quantitative estimate of drug-likeness (QED) is 0.727. The van der Waals surface area contributed by atoms with Crippen molar-refractivity contribution < 1.29 is 19.1 Å². The summed E-state index contributed by atoms with van der Waals surface area (Å²) in [5.41, 5.74) is 0.781. The second-order valence-electron chi connectivity index (χ2n) is 4.48. The van der Waals surface area contributed by atoms with Crippen LogP contribution in [0.4, 0.5) is 9.59 Å². The summed E-state index contributed by atoms with van der Waals surface area (Å²) < 4.78 is 9.92. The van der Waals surface area contributed by atoms with Crippen LogP contribution < -0.4 is 0 Å². The van der Waals surface area contributed by atoms with Crippen molar-refractivity contribution in [2.24, 2.45) is 0 Å². The zero-order valence-corrected chi connectivity index (χ0v) is 11.2. The molecule has 2 saturated heterocycles. The lowest BCUT2D eigenvalue weighted by molar-refractivity contribution is 0.139. The van der Waals surface area contributed by atoms with Crippen molar-refractivity contribution in [3.8, 4) is 0 Å². The fraction of sp³-hybridized carbons (Fsp3) is 0.538. The average Bonchev–Trinajstić information content (AvgIpc) is 2.92. The third kappa shape index (κ3) is 3.07. The first kappa shape index (κ1) is 13.5. The minimum atomic E-state index is -0.327. The Morgan fingerprint density at radius 3 is 2.74 bits per heavy atom. The molecule has 0 aliphatic carbocycles. The van der Waals surface area contributed by atoms with E-state index in [2.05, 4.69) is 0 Å². The SMILES string of the molecule is C/C=C(\C=C/CN1CC(C)OC1=O)N1CCOC1=O. The Balaban J connectivity index is 1.90. The highest BCUT2D eigenvalue weighted by Gasteiger charge is 2.27. The van der Waals surface area contributed by atoms with Gasteiger partial charge in [-0.2, -0.15) is 0 Å². The van der Waals surface area contributed by atoms with E-state index in [1.807, 2.05) is 32.1 Å². The Kier molecular flexibility index (Phi) is 4.09. The maximum absolute atomic E-state index is 11.4. The van der Waals surface area contributed by atoms with Crippen LogP contribution in [0.15, 0.2) is 23.9 Å². The van der Waals surface area contributed by atoms with Crippen LogP contribution in [0.3, 0.4) is 0 Å². The Morgan fingerprint density at radius 2 is 2.21 bits per heavy atom. The van der Waals surface area contributed by atoms with Gasteiger partial charge in [0.15, 0.2) is 0 Å². The molecular weight excluding hydrogens is 248 g/mol. The van der Waals surface area contributed by atoms with Crippen molar-refractivity contribution in [2.75, 3.05) is 26.2 Å². The molecule has 0 N–H and O–H groups in total. The van der Waals surface area contributed by atoms with Gasteiger partial charge in [0.1, 0.15) is 12.7 Å². The highest BCUT2D eigenvalue weighted by Crippen LogP contribution is 2.14. The molecule has 2 aliphatic heterocycles. The largest absolute Gasteiger partial charge is 0.447 e. The molecule has 19 heavy (non-hydrogen) atoms. The van der Waals surface area contributed by atoms with Crippen LogP contribution in [-0.2, 0) is 9.47 Å². The molecule has 104 valence electrons. The first-order chi connectivity index (χ1) is 9.11. The predicted molar refractivity (Wildman–Crippen MR) is 68.5 cm³/mol. The van der Waals surface area contributed by atoms with E-state index in [9.17, 15) is 9.59 Å². The lowest BCUT2D eigenvalue weighted by Gasteiger charge is -2.14. The molecule has 0 aromatic heterocycles. The van der Waals surface area contributed by atoms with Gasteiger partial charge in [0.2, 0.25) is 0 Å². The maximum Gasteiger partial charge on any atom is 0.414 e. The lowest BCUT2D eigenvalue weighted by atomic mass is 10.3. The summed E-state index contributed by atoms with van der Waals surface area (Å²) >= 11 is 0. The van der Waals surface area contributed by atoms with Gasteiger partial charge >= 0.3 is 12.2 Å². The monoisotopic (exact) mass is 266 g/mol. The van der Waals surface area contributed by atoms with E-state index in [1.54, 1.807) is 9.80 Å². The first-order valence-electron chi connectivity index (χ1n) is 6.34. The number of hydrogen-bond donors (Lipinski definition) is 0. The minimum Gasteiger partial charge on any atom is -0.447 e. The third-order valence-corrected chi connectivity index (χ3v) is 3.02. The minimum absolute atomic E-state index is 0.0596. The van der Waals surface area contributed by atoms with Gasteiger partial charge in [-0.3, -0.25) is 4.90 Å². The van der Waals surface area contributed by atoms with Gasteiger partial charge in [-0.15, -0.1) is 0 Å². The topological polar surface area (TPSA) is 59.1 Å². The number of ether oxygens (including phenoxy) is 2. The fourth-order valence-corrected chi connectivity index (χ4v) is 2.09. The van der Waals surface area contributed by atoms with Crippen LogP contribution in [0.2, 0.25) is 0 Å². The van der Waals surface area contributed by atoms with Crippen LogP contribution in [0.25, 0.3) is 0 Å². The van der Waals surface area contributed by atoms with Gasteiger partial charge in [0, 0.05) is 12.2 Å². The zero-order chi connectivity index (χ0) is 13.8. The Labute approximate surface area is 112 Å². The second kappa shape index (κ2) is 5.77. The summed E-state index contributed by atoms with van der Waals surface area (Å²) in [4.78, 5) is 26.0. The number of allylic oxidation sites excluding steroid dienone is 2. The highest BCUT2D eigenvalue weighted by molar-refractivity contribution is 5.72. The number of carbonyl (C=O) groups is 2. The van der Waals surface area contributed by atoms with Crippen molar-refractivity contribution in [3.63, 3.8) is 0 Å². The molecule has 2 aliphatic rings. The van der Waals surface area contributed by atoms with Gasteiger partial charge in [0.05, 0.1) is 13.1 Å². The van der Waals surface area contributed by atoms with E-state index in [4.69, 9.17) is 9.47 Å². The van der Waals surface area contributed by atoms with Gasteiger partial charge in [-0.1, -0.05) is 12.2 Å². The summed E-state index contributed by atoms with van der Waals surface area (Å²) in [6, 6.07) is 0. The van der Waals surface area contributed by atoms with Crippen molar-refractivity contribution in [2.45, 2.75) is 20.0 Å². The van der Waals surface area contributed by atoms with E-state index < -0.39 is 0 Å². The number of hydrogen-bond acceptors (Lipinski definition) is 4. The van der Waals surface area contributed by atoms with Crippen LogP contribution >= 0.6 is 0 Å². The fourth-order valence-electron chi connectivity index (χ4n) is 2.09. The average molecular weight is 266 g/mol. The summed E-state index contributed by atoms with van der Waals surface area (Å²) in [6.07, 6.45) is 4.83. The van der Waals surface area contributed by atoms with Gasteiger partial charge in [-0.25, -0.2) is 9.59 Å². The molecule has 6 heteroatoms. The smallest absolute Gasteiger partial charge is 0.414 e. The van der Waals surface area contributed by atoms with E-state index in [0.717, 1.165) is 5.70 Å². The first-order valence-corrected chi connectivity index (χ1v) is 6.34. The Hall–Kier alpha value is -1.98. The summed E-state index contributed by atoms with van der Waals surface area (Å²) in [5.74, 6) is 0. The summed E-state index contributed by atoms with van der Waals surface area (Å²) in [7, 11) is 0. The zero-order valence-electron chi connectivity index (χ0n) is 11.2. The standard InChI is InChI=1S/C13H18N2O4/c1-3-11(15-7-8-18-13(15)17)5-4-6-14-9-10(2)19-12(14)16/h3-5,10H,6-9H2,1-2H3/b5-4-,11-3+. The van der Waals surface area contributed by atoms with Crippen molar-refractivity contribution >= 4 is 12.2 Å². The molecule has 0 aromatic carbocycles. The molecule has 2 fully saturated rings. The van der Waals surface area contributed by atoms with Crippen LogP contribution in [-0.4, -0.2) is 54.3 Å². The lowest BCUT2D eigenvalue weighted by Crippen LogP contribution is -2.25.